The number of allylic oxidation sites excluding steroid dienone is 2. The topological polar surface area (TPSA) is 57.7 Å². The smallest absolute Gasteiger partial charge is 0.243 e. The molecule has 0 saturated carbocycles. The van der Waals surface area contributed by atoms with Gasteiger partial charge >= 0.3 is 0 Å². The van der Waals surface area contributed by atoms with Crippen molar-refractivity contribution >= 4 is 21.5 Å². The quantitative estimate of drug-likeness (QED) is 0.565. The van der Waals surface area contributed by atoms with Crippen molar-refractivity contribution in [3.63, 3.8) is 0 Å². The summed E-state index contributed by atoms with van der Waals surface area (Å²) in [5.41, 5.74) is 3.42. The summed E-state index contributed by atoms with van der Waals surface area (Å²) in [5.74, 6) is -0.127. The molecule has 1 fully saturated rings. The molecule has 0 radical (unpaired) electrons. The fourth-order valence-electron chi connectivity index (χ4n) is 4.34. The molecule has 29 heavy (non-hydrogen) atoms. The van der Waals surface area contributed by atoms with Crippen LogP contribution in [0.4, 0.5) is 5.69 Å². The predicted molar refractivity (Wildman–Crippen MR) is 115 cm³/mol. The first kappa shape index (κ1) is 19.9. The fraction of sp³-hybridized carbons (Fsp3) is 0.348. The molecule has 0 aliphatic carbocycles. The Morgan fingerprint density at radius 1 is 1.00 bits per heavy atom. The zero-order valence-corrected chi connectivity index (χ0v) is 17.9. The van der Waals surface area contributed by atoms with Gasteiger partial charge in [-0.2, -0.15) is 4.31 Å². The summed E-state index contributed by atoms with van der Waals surface area (Å²) in [5, 5.41) is 0. The van der Waals surface area contributed by atoms with E-state index in [4.69, 9.17) is 0 Å². The van der Waals surface area contributed by atoms with E-state index in [2.05, 4.69) is 30.9 Å². The zero-order chi connectivity index (χ0) is 20.8. The van der Waals surface area contributed by atoms with Crippen molar-refractivity contribution in [2.75, 3.05) is 25.0 Å². The number of para-hydroxylation sites is 1. The normalized spacial score (nSPS) is 20.2. The third-order valence-electron chi connectivity index (χ3n) is 6.05. The average Bonchev–Trinajstić information content (AvgIpc) is 3.32. The third kappa shape index (κ3) is 3.30. The highest BCUT2D eigenvalue weighted by Crippen LogP contribution is 2.46. The Morgan fingerprint density at radius 3 is 2.24 bits per heavy atom. The van der Waals surface area contributed by atoms with Gasteiger partial charge in [-0.1, -0.05) is 32.0 Å². The van der Waals surface area contributed by atoms with Crippen LogP contribution in [0.2, 0.25) is 0 Å². The van der Waals surface area contributed by atoms with Crippen LogP contribution in [0, 0.1) is 0 Å². The van der Waals surface area contributed by atoms with E-state index >= 15 is 0 Å². The minimum atomic E-state index is -3.47. The first-order valence-electron chi connectivity index (χ1n) is 9.93. The molecule has 0 unspecified atom stereocenters. The van der Waals surface area contributed by atoms with Gasteiger partial charge in [0, 0.05) is 48.6 Å². The number of carbonyl (C=O) groups is 1. The second-order valence-electron chi connectivity index (χ2n) is 8.23. The Balaban J connectivity index is 1.61. The number of anilines is 1. The van der Waals surface area contributed by atoms with Gasteiger partial charge in [0.15, 0.2) is 5.78 Å². The number of hydrogen-bond donors (Lipinski definition) is 0. The molecule has 2 aliphatic heterocycles. The van der Waals surface area contributed by atoms with Gasteiger partial charge in [0.25, 0.3) is 0 Å². The number of benzene rings is 2. The van der Waals surface area contributed by atoms with Gasteiger partial charge in [-0.05, 0) is 48.7 Å². The summed E-state index contributed by atoms with van der Waals surface area (Å²) in [4.78, 5) is 15.2. The van der Waals surface area contributed by atoms with Crippen LogP contribution in [-0.4, -0.2) is 38.6 Å². The Morgan fingerprint density at radius 2 is 1.62 bits per heavy atom. The average molecular weight is 411 g/mol. The van der Waals surface area contributed by atoms with E-state index < -0.39 is 10.0 Å². The Bertz CT molecular complexity index is 1080. The van der Waals surface area contributed by atoms with Crippen LogP contribution in [0.25, 0.3) is 0 Å². The Hall–Kier alpha value is -2.44. The van der Waals surface area contributed by atoms with E-state index in [9.17, 15) is 13.2 Å². The van der Waals surface area contributed by atoms with Crippen molar-refractivity contribution in [2.24, 2.45) is 0 Å². The van der Waals surface area contributed by atoms with Crippen LogP contribution >= 0.6 is 0 Å². The molecule has 2 aromatic rings. The summed E-state index contributed by atoms with van der Waals surface area (Å²) in [7, 11) is -1.50. The van der Waals surface area contributed by atoms with E-state index in [0.717, 1.165) is 24.2 Å². The van der Waals surface area contributed by atoms with Gasteiger partial charge in [0.1, 0.15) is 0 Å². The SMILES string of the molecule is CN1C(=CC(=O)c2ccc(S(=O)(=O)N3CCCC3)cc2)C(C)(C)c2ccccc21. The van der Waals surface area contributed by atoms with E-state index in [-0.39, 0.29) is 16.1 Å². The molecule has 0 atom stereocenters. The van der Waals surface area contributed by atoms with Crippen molar-refractivity contribution in [3.8, 4) is 0 Å². The molecule has 0 N–H and O–H groups in total. The maximum atomic E-state index is 12.9. The molecule has 0 amide bonds. The lowest BCUT2D eigenvalue weighted by atomic mass is 9.83. The molecule has 2 aliphatic rings. The van der Waals surface area contributed by atoms with Crippen LogP contribution in [0.5, 0.6) is 0 Å². The number of rotatable bonds is 4. The summed E-state index contributed by atoms with van der Waals surface area (Å²) in [6.07, 6.45) is 3.47. The lowest BCUT2D eigenvalue weighted by Crippen LogP contribution is -2.27. The molecular formula is C23H26N2O3S. The number of sulfonamides is 1. The monoisotopic (exact) mass is 410 g/mol. The van der Waals surface area contributed by atoms with Crippen LogP contribution in [0.15, 0.2) is 65.2 Å². The molecule has 5 nitrogen and oxygen atoms in total. The molecular weight excluding hydrogens is 384 g/mol. The standard InChI is InChI=1S/C23H26N2O3S/c1-23(2)19-8-4-5-9-20(19)24(3)22(23)16-21(26)17-10-12-18(13-11-17)29(27,28)25-14-6-7-15-25/h4-5,8-13,16H,6-7,14-15H2,1-3H3. The molecule has 152 valence electrons. The summed E-state index contributed by atoms with van der Waals surface area (Å²) in [6, 6.07) is 14.5. The minimum Gasteiger partial charge on any atom is -0.347 e. The van der Waals surface area contributed by atoms with Gasteiger partial charge in [0.05, 0.1) is 4.90 Å². The van der Waals surface area contributed by atoms with Gasteiger partial charge in [-0.15, -0.1) is 0 Å². The van der Waals surface area contributed by atoms with Gasteiger partial charge < -0.3 is 4.90 Å². The predicted octanol–water partition coefficient (Wildman–Crippen LogP) is 3.97. The molecule has 2 heterocycles. The Labute approximate surface area is 172 Å². The first-order chi connectivity index (χ1) is 13.7. The zero-order valence-electron chi connectivity index (χ0n) is 17.1. The molecule has 4 rings (SSSR count). The van der Waals surface area contributed by atoms with Crippen molar-refractivity contribution in [3.05, 3.63) is 71.4 Å². The van der Waals surface area contributed by atoms with Crippen LogP contribution in [-0.2, 0) is 15.4 Å². The summed E-state index contributed by atoms with van der Waals surface area (Å²) >= 11 is 0. The van der Waals surface area contributed by atoms with Crippen LogP contribution in [0.3, 0.4) is 0 Å². The van der Waals surface area contributed by atoms with Crippen LogP contribution < -0.4 is 4.90 Å². The highest BCUT2D eigenvalue weighted by molar-refractivity contribution is 7.89. The Kier molecular flexibility index (Phi) is 4.87. The van der Waals surface area contributed by atoms with Crippen molar-refractivity contribution in [1.29, 1.82) is 0 Å². The fourth-order valence-corrected chi connectivity index (χ4v) is 5.85. The summed E-state index contributed by atoms with van der Waals surface area (Å²) < 4.78 is 26.9. The maximum Gasteiger partial charge on any atom is 0.243 e. The van der Waals surface area contributed by atoms with E-state index in [1.54, 1.807) is 18.2 Å². The number of fused-ring (bicyclic) bond motifs is 1. The molecule has 0 spiro atoms. The molecule has 0 bridgehead atoms. The molecule has 2 aromatic carbocycles. The highest BCUT2D eigenvalue weighted by atomic mass is 32.2. The second-order valence-corrected chi connectivity index (χ2v) is 10.2. The van der Waals surface area contributed by atoms with E-state index in [1.807, 2.05) is 19.2 Å². The minimum absolute atomic E-state index is 0.127. The molecule has 1 saturated heterocycles. The van der Waals surface area contributed by atoms with Crippen molar-refractivity contribution < 1.29 is 13.2 Å². The molecule has 0 aromatic heterocycles. The second kappa shape index (κ2) is 7.11. The van der Waals surface area contributed by atoms with Gasteiger partial charge in [-0.25, -0.2) is 8.42 Å². The highest BCUT2D eigenvalue weighted by Gasteiger charge is 2.38. The van der Waals surface area contributed by atoms with Crippen molar-refractivity contribution in [1.82, 2.24) is 4.31 Å². The van der Waals surface area contributed by atoms with Gasteiger partial charge in [0.2, 0.25) is 10.0 Å². The largest absolute Gasteiger partial charge is 0.347 e. The number of nitrogens with zero attached hydrogens (tertiary/aromatic N) is 2. The maximum absolute atomic E-state index is 12.9. The lowest BCUT2D eigenvalue weighted by molar-refractivity contribution is 0.104. The van der Waals surface area contributed by atoms with Crippen molar-refractivity contribution in [2.45, 2.75) is 37.0 Å². The molecule has 6 heteroatoms. The van der Waals surface area contributed by atoms with Gasteiger partial charge in [-0.3, -0.25) is 4.79 Å². The number of ketones is 1. The third-order valence-corrected chi connectivity index (χ3v) is 7.96. The van der Waals surface area contributed by atoms with Crippen LogP contribution in [0.1, 0.15) is 42.6 Å². The van der Waals surface area contributed by atoms with E-state index in [0.29, 0.717) is 18.7 Å². The summed E-state index contributed by atoms with van der Waals surface area (Å²) in [6.45, 7) is 5.36. The first-order valence-corrected chi connectivity index (χ1v) is 11.4. The van der Waals surface area contributed by atoms with E-state index in [1.165, 1.54) is 22.0 Å². The lowest BCUT2D eigenvalue weighted by Gasteiger charge is -2.24. The number of likely N-dealkylation sites (N-methyl/N-ethyl adjacent to an activating group) is 1. The number of carbonyl (C=O) groups excluding carboxylic acids is 1. The number of hydrogen-bond acceptors (Lipinski definition) is 4.